The van der Waals surface area contributed by atoms with Crippen molar-refractivity contribution in [2.45, 2.75) is 37.6 Å². The molecule has 0 spiro atoms. The quantitative estimate of drug-likeness (QED) is 0.335. The van der Waals surface area contributed by atoms with Gasteiger partial charge in [0, 0.05) is 6.92 Å². The van der Waals surface area contributed by atoms with Gasteiger partial charge in [0.05, 0.1) is 6.61 Å². The predicted octanol–water partition coefficient (Wildman–Crippen LogP) is -3.25. The molecule has 112 valence electrons. The van der Waals surface area contributed by atoms with Crippen molar-refractivity contribution in [3.63, 3.8) is 0 Å². The van der Waals surface area contributed by atoms with Crippen LogP contribution in [0.25, 0.3) is 0 Å². The Kier molecular flexibility index (Phi) is 5.20. The molecule has 0 bridgehead atoms. The molecule has 0 aliphatic carbocycles. The molecule has 1 aliphatic heterocycles. The minimum atomic E-state index is -4.94. The van der Waals surface area contributed by atoms with E-state index in [2.05, 4.69) is 9.50 Å². The zero-order valence-corrected chi connectivity index (χ0v) is 10.6. The molecule has 1 rings (SSSR count). The van der Waals surface area contributed by atoms with Gasteiger partial charge in [-0.25, -0.2) is 4.18 Å². The second-order valence-electron chi connectivity index (χ2n) is 3.95. The van der Waals surface area contributed by atoms with Crippen LogP contribution >= 0.6 is 0 Å². The summed E-state index contributed by atoms with van der Waals surface area (Å²) in [4.78, 5) is 11.0. The first-order chi connectivity index (χ1) is 8.65. The van der Waals surface area contributed by atoms with E-state index < -0.39 is 53.6 Å². The Morgan fingerprint density at radius 2 is 2.00 bits per heavy atom. The topological polar surface area (TPSA) is 163 Å². The lowest BCUT2D eigenvalue weighted by Crippen LogP contribution is -2.65. The Bertz CT molecular complexity index is 424. The van der Waals surface area contributed by atoms with Crippen molar-refractivity contribution in [1.82, 2.24) is 5.32 Å². The highest BCUT2D eigenvalue weighted by Crippen LogP contribution is 2.23. The van der Waals surface area contributed by atoms with Crippen LogP contribution in [0.4, 0.5) is 0 Å². The van der Waals surface area contributed by atoms with Gasteiger partial charge in [-0.05, 0) is 0 Å². The van der Waals surface area contributed by atoms with Crippen molar-refractivity contribution < 1.29 is 42.0 Å². The summed E-state index contributed by atoms with van der Waals surface area (Å²) >= 11 is 0. The second kappa shape index (κ2) is 6.09. The van der Waals surface area contributed by atoms with Crippen LogP contribution < -0.4 is 5.32 Å². The van der Waals surface area contributed by atoms with Crippen molar-refractivity contribution in [1.29, 1.82) is 0 Å². The van der Waals surface area contributed by atoms with Crippen LogP contribution in [-0.4, -0.2) is 71.4 Å². The molecule has 1 saturated heterocycles. The molecule has 10 nitrogen and oxygen atoms in total. The third-order valence-electron chi connectivity index (χ3n) is 2.48. The summed E-state index contributed by atoms with van der Waals surface area (Å²) in [5.41, 5.74) is 0. The molecular weight excluding hydrogens is 286 g/mol. The largest absolute Gasteiger partial charge is 0.397 e. The molecule has 5 N–H and O–H groups in total. The number of aliphatic hydroxyl groups is 3. The van der Waals surface area contributed by atoms with E-state index in [-0.39, 0.29) is 0 Å². The summed E-state index contributed by atoms with van der Waals surface area (Å²) in [5, 5.41) is 30.4. The Balaban J connectivity index is 3.00. The Hall–Kier alpha value is -0.820. The maximum Gasteiger partial charge on any atom is 0.397 e. The maximum absolute atomic E-state index is 11.0. The van der Waals surface area contributed by atoms with Crippen LogP contribution in [0.5, 0.6) is 0 Å². The van der Waals surface area contributed by atoms with Crippen LogP contribution in [0.2, 0.25) is 0 Å². The number of nitrogens with one attached hydrogen (secondary N) is 1. The molecule has 0 aromatic rings. The van der Waals surface area contributed by atoms with E-state index in [9.17, 15) is 23.4 Å². The number of hydrogen-bond donors (Lipinski definition) is 5. The molecule has 1 amide bonds. The molecule has 1 fully saturated rings. The lowest BCUT2D eigenvalue weighted by molar-refractivity contribution is -0.249. The smallest absolute Gasteiger partial charge is 0.394 e. The molecule has 0 aromatic heterocycles. The van der Waals surface area contributed by atoms with Crippen LogP contribution in [0, 0.1) is 0 Å². The van der Waals surface area contributed by atoms with E-state index in [0.29, 0.717) is 0 Å². The highest BCUT2D eigenvalue weighted by atomic mass is 32.3. The number of aliphatic hydroxyl groups excluding tert-OH is 3. The minimum absolute atomic E-state index is 0.647. The molecule has 11 heteroatoms. The first kappa shape index (κ1) is 16.2. The van der Waals surface area contributed by atoms with Gasteiger partial charge in [-0.15, -0.1) is 0 Å². The predicted molar refractivity (Wildman–Crippen MR) is 58.0 cm³/mol. The number of carbonyl (C=O) groups excluding carboxylic acids is 1. The summed E-state index contributed by atoms with van der Waals surface area (Å²) in [7, 11) is -4.94. The Labute approximate surface area is 108 Å². The Morgan fingerprint density at radius 1 is 1.42 bits per heavy atom. The molecule has 1 aliphatic rings. The number of rotatable bonds is 4. The van der Waals surface area contributed by atoms with Gasteiger partial charge in [0.25, 0.3) is 0 Å². The van der Waals surface area contributed by atoms with Crippen molar-refractivity contribution in [2.24, 2.45) is 0 Å². The number of ether oxygens (including phenoxy) is 1. The number of hydrogen-bond acceptors (Lipinski definition) is 8. The minimum Gasteiger partial charge on any atom is -0.394 e. The van der Waals surface area contributed by atoms with E-state index in [1.807, 2.05) is 0 Å². The van der Waals surface area contributed by atoms with Crippen molar-refractivity contribution in [3.05, 3.63) is 0 Å². The van der Waals surface area contributed by atoms with Crippen molar-refractivity contribution >= 4 is 16.3 Å². The molecule has 5 atom stereocenters. The molecule has 0 aromatic carbocycles. The monoisotopic (exact) mass is 301 g/mol. The molecule has 0 unspecified atom stereocenters. The van der Waals surface area contributed by atoms with Crippen LogP contribution in [0.3, 0.4) is 0 Å². The summed E-state index contributed by atoms with van der Waals surface area (Å²) < 4.78 is 39.0. The summed E-state index contributed by atoms with van der Waals surface area (Å²) in [6, 6.07) is -1.43. The SMILES string of the molecule is CC(=O)N[C@@H]1[C@@H](OS(=O)(=O)O)[C@@H](O)[C@@H](CO)O[C@@H]1O. The first-order valence-corrected chi connectivity index (χ1v) is 6.57. The van der Waals surface area contributed by atoms with E-state index in [1.165, 1.54) is 0 Å². The third-order valence-corrected chi connectivity index (χ3v) is 2.94. The van der Waals surface area contributed by atoms with Gasteiger partial charge < -0.3 is 25.4 Å². The fourth-order valence-corrected chi connectivity index (χ4v) is 2.24. The van der Waals surface area contributed by atoms with Gasteiger partial charge in [-0.2, -0.15) is 8.42 Å². The number of amides is 1. The molecule has 19 heavy (non-hydrogen) atoms. The fourth-order valence-electron chi connectivity index (χ4n) is 1.73. The first-order valence-electron chi connectivity index (χ1n) is 5.21. The summed E-state index contributed by atoms with van der Waals surface area (Å²) in [6.07, 6.45) is -6.45. The Morgan fingerprint density at radius 3 is 2.42 bits per heavy atom. The third kappa shape index (κ3) is 4.35. The van der Waals surface area contributed by atoms with Gasteiger partial charge in [-0.1, -0.05) is 0 Å². The lowest BCUT2D eigenvalue weighted by Gasteiger charge is -2.41. The zero-order valence-electron chi connectivity index (χ0n) is 9.83. The average Bonchev–Trinajstić information content (AvgIpc) is 2.26. The highest BCUT2D eigenvalue weighted by Gasteiger charge is 2.47. The van der Waals surface area contributed by atoms with Crippen LogP contribution in [-0.2, 0) is 24.1 Å². The van der Waals surface area contributed by atoms with Crippen molar-refractivity contribution in [3.8, 4) is 0 Å². The standard InChI is InChI=1S/C8H15NO9S/c1-3(11)9-5-7(18-19(14,15)16)6(12)4(2-10)17-8(5)13/h4-8,10,12-13H,2H2,1H3,(H,9,11)(H,14,15,16)/t4-,5-,6+,7-,8+/m1/s1. The average molecular weight is 301 g/mol. The summed E-state index contributed by atoms with van der Waals surface area (Å²) in [6.45, 7) is 0.359. The molecule has 1 heterocycles. The maximum atomic E-state index is 11.0. The van der Waals surface area contributed by atoms with E-state index in [1.54, 1.807) is 0 Å². The second-order valence-corrected chi connectivity index (χ2v) is 5.00. The van der Waals surface area contributed by atoms with E-state index >= 15 is 0 Å². The van der Waals surface area contributed by atoms with Gasteiger partial charge in [0.1, 0.15) is 24.4 Å². The van der Waals surface area contributed by atoms with E-state index in [0.717, 1.165) is 6.92 Å². The number of carbonyl (C=O) groups is 1. The molecular formula is C8H15NO9S. The van der Waals surface area contributed by atoms with Crippen LogP contribution in [0.15, 0.2) is 0 Å². The normalized spacial score (nSPS) is 35.9. The van der Waals surface area contributed by atoms with Gasteiger partial charge in [0.2, 0.25) is 5.91 Å². The molecule has 0 radical (unpaired) electrons. The lowest BCUT2D eigenvalue weighted by atomic mass is 9.97. The van der Waals surface area contributed by atoms with Crippen LogP contribution in [0.1, 0.15) is 6.92 Å². The molecule has 0 saturated carbocycles. The fraction of sp³-hybridized carbons (Fsp3) is 0.875. The zero-order chi connectivity index (χ0) is 14.8. The summed E-state index contributed by atoms with van der Waals surface area (Å²) in [5.74, 6) is -0.647. The van der Waals surface area contributed by atoms with Gasteiger partial charge in [-0.3, -0.25) is 9.35 Å². The van der Waals surface area contributed by atoms with E-state index in [4.69, 9.17) is 14.4 Å². The van der Waals surface area contributed by atoms with Gasteiger partial charge in [0.15, 0.2) is 6.29 Å². The highest BCUT2D eigenvalue weighted by molar-refractivity contribution is 7.80. The van der Waals surface area contributed by atoms with Gasteiger partial charge >= 0.3 is 10.4 Å². The van der Waals surface area contributed by atoms with Crippen molar-refractivity contribution in [2.75, 3.05) is 6.61 Å².